The van der Waals surface area contributed by atoms with E-state index in [-0.39, 0.29) is 24.1 Å². The predicted molar refractivity (Wildman–Crippen MR) is 159 cm³/mol. The third-order valence-corrected chi connectivity index (χ3v) is 8.51. The molecule has 8 nitrogen and oxygen atoms in total. The van der Waals surface area contributed by atoms with Gasteiger partial charge in [-0.25, -0.2) is 9.78 Å². The molecule has 214 valence electrons. The highest BCUT2D eigenvalue weighted by Gasteiger charge is 2.60. The molecular formula is C34H34N4O4. The van der Waals surface area contributed by atoms with Crippen molar-refractivity contribution < 1.29 is 19.1 Å². The van der Waals surface area contributed by atoms with Crippen LogP contribution in [0.5, 0.6) is 0 Å². The van der Waals surface area contributed by atoms with E-state index >= 15 is 0 Å². The van der Waals surface area contributed by atoms with Crippen molar-refractivity contribution in [2.45, 2.75) is 56.2 Å². The van der Waals surface area contributed by atoms with Gasteiger partial charge in [-0.3, -0.25) is 9.59 Å². The lowest BCUT2D eigenvalue weighted by atomic mass is 9.65. The number of carbonyl (C=O) groups excluding carboxylic acids is 3. The Balaban J connectivity index is 1.36. The van der Waals surface area contributed by atoms with Crippen LogP contribution in [0, 0.1) is 0 Å². The number of anilines is 1. The van der Waals surface area contributed by atoms with Gasteiger partial charge < -0.3 is 19.5 Å². The fourth-order valence-corrected chi connectivity index (χ4v) is 6.48. The highest BCUT2D eigenvalue weighted by Crippen LogP contribution is 2.51. The first-order valence-electron chi connectivity index (χ1n) is 14.4. The Labute approximate surface area is 245 Å². The number of aromatic nitrogens is 2. The second-order valence-corrected chi connectivity index (χ2v) is 11.1. The summed E-state index contributed by atoms with van der Waals surface area (Å²) < 4.78 is 7.69. The van der Waals surface area contributed by atoms with Crippen LogP contribution in [0.1, 0.15) is 53.0 Å². The van der Waals surface area contributed by atoms with Crippen LogP contribution in [0.25, 0.3) is 0 Å². The molecule has 0 radical (unpaired) electrons. The van der Waals surface area contributed by atoms with Gasteiger partial charge in [0.15, 0.2) is 0 Å². The molecule has 1 aliphatic heterocycles. The highest BCUT2D eigenvalue weighted by atomic mass is 16.5. The second kappa shape index (κ2) is 11.6. The fraction of sp³-hybridized carbons (Fsp3) is 0.294. The highest BCUT2D eigenvalue weighted by molar-refractivity contribution is 6.09. The topological polar surface area (TPSA) is 93.5 Å². The summed E-state index contributed by atoms with van der Waals surface area (Å²) in [7, 11) is 1.73. The van der Waals surface area contributed by atoms with Crippen molar-refractivity contribution in [3.05, 3.63) is 120 Å². The molecule has 2 aliphatic rings. The zero-order valence-electron chi connectivity index (χ0n) is 23.6. The summed E-state index contributed by atoms with van der Waals surface area (Å²) >= 11 is 0. The van der Waals surface area contributed by atoms with Crippen LogP contribution in [0.2, 0.25) is 0 Å². The summed E-state index contributed by atoms with van der Waals surface area (Å²) in [6, 6.07) is 26.8. The van der Waals surface area contributed by atoms with Gasteiger partial charge in [0.05, 0.1) is 12.6 Å². The minimum Gasteiger partial charge on any atom is -0.454 e. The van der Waals surface area contributed by atoms with Crippen molar-refractivity contribution in [3.63, 3.8) is 0 Å². The smallest absolute Gasteiger partial charge is 0.374 e. The minimum atomic E-state index is -1.07. The van der Waals surface area contributed by atoms with Gasteiger partial charge in [-0.1, -0.05) is 78.9 Å². The van der Waals surface area contributed by atoms with Crippen LogP contribution in [0.4, 0.5) is 5.69 Å². The molecular weight excluding hydrogens is 528 g/mol. The van der Waals surface area contributed by atoms with Gasteiger partial charge >= 0.3 is 5.97 Å². The fourth-order valence-electron chi connectivity index (χ4n) is 6.48. The number of imidazole rings is 1. The number of fused-ring (bicyclic) bond motifs is 2. The summed E-state index contributed by atoms with van der Waals surface area (Å²) in [5.41, 5.74) is 2.68. The van der Waals surface area contributed by atoms with Crippen LogP contribution in [0.3, 0.4) is 0 Å². The molecule has 8 heteroatoms. The lowest BCUT2D eigenvalue weighted by molar-refractivity contribution is -0.131. The number of para-hydroxylation sites is 1. The van der Waals surface area contributed by atoms with E-state index in [1.54, 1.807) is 24.0 Å². The van der Waals surface area contributed by atoms with Crippen molar-refractivity contribution >= 4 is 23.5 Å². The van der Waals surface area contributed by atoms with Crippen molar-refractivity contribution in [1.82, 2.24) is 14.9 Å². The quantitative estimate of drug-likeness (QED) is 0.314. The van der Waals surface area contributed by atoms with Crippen LogP contribution in [0.15, 0.2) is 97.3 Å². The molecule has 3 atom stereocenters. The summed E-state index contributed by atoms with van der Waals surface area (Å²) in [5.74, 6) is -0.672. The Morgan fingerprint density at radius 1 is 0.976 bits per heavy atom. The summed E-state index contributed by atoms with van der Waals surface area (Å²) in [4.78, 5) is 47.4. The third-order valence-electron chi connectivity index (χ3n) is 8.51. The van der Waals surface area contributed by atoms with E-state index < -0.39 is 23.5 Å². The molecule has 2 heterocycles. The maximum atomic E-state index is 14.6. The van der Waals surface area contributed by atoms with Gasteiger partial charge in [0.1, 0.15) is 11.5 Å². The summed E-state index contributed by atoms with van der Waals surface area (Å²) in [5, 5.41) is 3.20. The Kier molecular flexibility index (Phi) is 7.61. The normalized spacial score (nSPS) is 21.3. The zero-order chi connectivity index (χ0) is 29.1. The molecule has 1 aliphatic carbocycles. The van der Waals surface area contributed by atoms with Crippen molar-refractivity contribution in [2.75, 3.05) is 4.90 Å². The van der Waals surface area contributed by atoms with Gasteiger partial charge in [-0.05, 0) is 48.4 Å². The van der Waals surface area contributed by atoms with E-state index in [4.69, 9.17) is 4.74 Å². The SMILES string of the molecule is Cn1ccnc1C(=O)O[C@@H]1CCC[C@@]2(C(=O)N(Cc3ccccc3)c3ccccc32)[C@H]1NC(=O)CCc1ccccc1. The molecule has 1 spiro atoms. The molecule has 1 saturated carbocycles. The Morgan fingerprint density at radius 2 is 1.67 bits per heavy atom. The molecule has 1 N–H and O–H groups in total. The first kappa shape index (κ1) is 27.4. The number of ether oxygens (including phenoxy) is 1. The first-order valence-corrected chi connectivity index (χ1v) is 14.4. The number of hydrogen-bond acceptors (Lipinski definition) is 5. The zero-order valence-corrected chi connectivity index (χ0v) is 23.6. The van der Waals surface area contributed by atoms with Gasteiger partial charge in [0.25, 0.3) is 0 Å². The van der Waals surface area contributed by atoms with E-state index in [9.17, 15) is 14.4 Å². The second-order valence-electron chi connectivity index (χ2n) is 11.1. The van der Waals surface area contributed by atoms with Crippen LogP contribution >= 0.6 is 0 Å². The van der Waals surface area contributed by atoms with E-state index in [2.05, 4.69) is 10.3 Å². The van der Waals surface area contributed by atoms with Crippen LogP contribution in [-0.2, 0) is 39.8 Å². The number of carbonyl (C=O) groups is 3. The molecule has 1 fully saturated rings. The number of nitrogens with zero attached hydrogens (tertiary/aromatic N) is 3. The molecule has 42 heavy (non-hydrogen) atoms. The average molecular weight is 563 g/mol. The number of hydrogen-bond donors (Lipinski definition) is 1. The van der Waals surface area contributed by atoms with Gasteiger partial charge in [-0.2, -0.15) is 0 Å². The molecule has 0 bridgehead atoms. The monoisotopic (exact) mass is 562 g/mol. The molecule has 0 saturated heterocycles. The maximum absolute atomic E-state index is 14.6. The van der Waals surface area contributed by atoms with Crippen LogP contribution < -0.4 is 10.2 Å². The Bertz CT molecular complexity index is 1590. The third kappa shape index (κ3) is 5.09. The minimum absolute atomic E-state index is 0.0846. The number of nitrogens with one attached hydrogen (secondary N) is 1. The van der Waals surface area contributed by atoms with Gasteiger partial charge in [0.2, 0.25) is 17.6 Å². The average Bonchev–Trinajstić information content (AvgIpc) is 3.55. The molecule has 2 amide bonds. The molecule has 1 aromatic heterocycles. The summed E-state index contributed by atoms with van der Waals surface area (Å²) in [6.07, 6.45) is 5.05. The molecule has 0 unspecified atom stereocenters. The number of benzene rings is 3. The number of amides is 2. The van der Waals surface area contributed by atoms with Crippen LogP contribution in [-0.4, -0.2) is 39.5 Å². The van der Waals surface area contributed by atoms with Crippen molar-refractivity contribution in [3.8, 4) is 0 Å². The van der Waals surface area contributed by atoms with Crippen molar-refractivity contribution in [1.29, 1.82) is 0 Å². The molecule has 3 aromatic carbocycles. The number of esters is 1. The van der Waals surface area contributed by atoms with E-state index in [1.165, 1.54) is 0 Å². The van der Waals surface area contributed by atoms with Crippen molar-refractivity contribution in [2.24, 2.45) is 7.05 Å². The molecule has 6 rings (SSSR count). The van der Waals surface area contributed by atoms with E-state index in [0.717, 1.165) is 22.4 Å². The largest absolute Gasteiger partial charge is 0.454 e. The van der Waals surface area contributed by atoms with E-state index in [1.807, 2.05) is 89.8 Å². The maximum Gasteiger partial charge on any atom is 0.374 e. The Hall–Kier alpha value is -4.72. The first-order chi connectivity index (χ1) is 20.5. The van der Waals surface area contributed by atoms with Gasteiger partial charge in [-0.15, -0.1) is 0 Å². The lowest BCUT2D eigenvalue weighted by Gasteiger charge is -2.44. The predicted octanol–water partition coefficient (Wildman–Crippen LogP) is 4.73. The number of aryl methyl sites for hydroxylation is 2. The summed E-state index contributed by atoms with van der Waals surface area (Å²) in [6.45, 7) is 0.408. The number of rotatable bonds is 8. The standard InChI is InChI=1S/C34H34N4O4/c1-37-22-21-35-31(37)32(40)42-28-17-10-20-34(30(28)36-29(39)19-18-24-11-4-2-5-12-24)26-15-8-9-16-27(26)38(33(34)41)23-25-13-6-3-7-14-25/h2-9,11-16,21-22,28,30H,10,17-20,23H2,1H3,(H,36,39)/t28-,30+,34+/m1/s1. The Morgan fingerprint density at radius 3 is 2.38 bits per heavy atom. The van der Waals surface area contributed by atoms with Gasteiger partial charge in [0, 0.05) is 31.5 Å². The lowest BCUT2D eigenvalue weighted by Crippen LogP contribution is -2.63. The van der Waals surface area contributed by atoms with E-state index in [0.29, 0.717) is 32.2 Å². The molecule has 4 aromatic rings.